The number of carbonyl (C=O) groups excluding carboxylic acids is 1. The van der Waals surface area contributed by atoms with Crippen molar-refractivity contribution in [3.63, 3.8) is 0 Å². The second-order valence-electron chi connectivity index (χ2n) is 3.83. The van der Waals surface area contributed by atoms with Crippen molar-refractivity contribution in [1.29, 1.82) is 0 Å². The van der Waals surface area contributed by atoms with Gasteiger partial charge in [0.2, 0.25) is 5.91 Å². The van der Waals surface area contributed by atoms with Gasteiger partial charge < -0.3 is 11.1 Å². The third-order valence-corrected chi connectivity index (χ3v) is 2.24. The fourth-order valence-corrected chi connectivity index (χ4v) is 1.12. The van der Waals surface area contributed by atoms with Crippen LogP contribution in [0.3, 0.4) is 0 Å². The highest BCUT2D eigenvalue weighted by molar-refractivity contribution is 7.98. The highest BCUT2D eigenvalue weighted by Crippen LogP contribution is 2.06. The lowest BCUT2D eigenvalue weighted by atomic mass is 10.00. The van der Waals surface area contributed by atoms with Gasteiger partial charge in [-0.15, -0.1) is 0 Å². The fourth-order valence-electron chi connectivity index (χ4n) is 0.817. The third kappa shape index (κ3) is 9.70. The zero-order valence-corrected chi connectivity index (χ0v) is 9.54. The Balaban J connectivity index is 3.41. The molecular weight excluding hydrogens is 184 g/mol. The first-order chi connectivity index (χ1) is 5.95. The molecule has 0 aliphatic rings. The van der Waals surface area contributed by atoms with Crippen LogP contribution in [0.1, 0.15) is 26.7 Å². The lowest BCUT2D eigenvalue weighted by Gasteiger charge is -2.17. The Labute approximate surface area is 84.8 Å². The van der Waals surface area contributed by atoms with Gasteiger partial charge in [-0.2, -0.15) is 11.8 Å². The van der Waals surface area contributed by atoms with Crippen molar-refractivity contribution >= 4 is 17.7 Å². The van der Waals surface area contributed by atoms with Crippen molar-refractivity contribution in [2.24, 2.45) is 5.73 Å². The van der Waals surface area contributed by atoms with Gasteiger partial charge in [0.1, 0.15) is 0 Å². The standard InChI is InChI=1S/C9H20N2OS/c1-9(2,10)5-4-8(12)11-6-7-13-3/h4-7,10H2,1-3H3,(H,11,12). The van der Waals surface area contributed by atoms with Crippen molar-refractivity contribution in [2.75, 3.05) is 18.6 Å². The minimum Gasteiger partial charge on any atom is -0.355 e. The Morgan fingerprint density at radius 3 is 2.62 bits per heavy atom. The van der Waals surface area contributed by atoms with Crippen LogP contribution >= 0.6 is 11.8 Å². The zero-order valence-electron chi connectivity index (χ0n) is 8.72. The van der Waals surface area contributed by atoms with Gasteiger partial charge in [-0.3, -0.25) is 4.79 Å². The molecule has 3 nitrogen and oxygen atoms in total. The first-order valence-electron chi connectivity index (χ1n) is 4.50. The number of hydrogen-bond donors (Lipinski definition) is 2. The maximum atomic E-state index is 11.2. The molecule has 0 heterocycles. The lowest BCUT2D eigenvalue weighted by molar-refractivity contribution is -0.121. The second kappa shape index (κ2) is 6.27. The number of amides is 1. The SMILES string of the molecule is CSCCNC(=O)CCC(C)(C)N. The Hall–Kier alpha value is -0.220. The molecule has 13 heavy (non-hydrogen) atoms. The molecule has 3 N–H and O–H groups in total. The fraction of sp³-hybridized carbons (Fsp3) is 0.889. The molecule has 0 bridgehead atoms. The van der Waals surface area contributed by atoms with E-state index in [-0.39, 0.29) is 11.4 Å². The van der Waals surface area contributed by atoms with Gasteiger partial charge in [-0.25, -0.2) is 0 Å². The number of rotatable bonds is 6. The minimum absolute atomic E-state index is 0.104. The Morgan fingerprint density at radius 2 is 2.15 bits per heavy atom. The molecule has 0 aliphatic carbocycles. The van der Waals surface area contributed by atoms with E-state index in [4.69, 9.17) is 5.73 Å². The molecule has 1 amide bonds. The molecule has 0 aromatic carbocycles. The van der Waals surface area contributed by atoms with E-state index in [0.717, 1.165) is 18.7 Å². The van der Waals surface area contributed by atoms with Crippen molar-refractivity contribution in [2.45, 2.75) is 32.2 Å². The van der Waals surface area contributed by atoms with Crippen LogP contribution in [-0.4, -0.2) is 30.0 Å². The summed E-state index contributed by atoms with van der Waals surface area (Å²) in [6.07, 6.45) is 3.28. The lowest BCUT2D eigenvalue weighted by Crippen LogP contribution is -2.34. The summed E-state index contributed by atoms with van der Waals surface area (Å²) >= 11 is 1.73. The molecule has 0 radical (unpaired) electrons. The van der Waals surface area contributed by atoms with Gasteiger partial charge in [0.05, 0.1) is 0 Å². The Morgan fingerprint density at radius 1 is 1.54 bits per heavy atom. The topological polar surface area (TPSA) is 55.1 Å². The van der Waals surface area contributed by atoms with Crippen molar-refractivity contribution in [1.82, 2.24) is 5.32 Å². The number of carbonyl (C=O) groups is 1. The molecule has 0 spiro atoms. The van der Waals surface area contributed by atoms with E-state index in [1.807, 2.05) is 20.1 Å². The monoisotopic (exact) mass is 204 g/mol. The second-order valence-corrected chi connectivity index (χ2v) is 4.82. The molecule has 0 unspecified atom stereocenters. The normalized spacial score (nSPS) is 11.4. The average molecular weight is 204 g/mol. The van der Waals surface area contributed by atoms with Crippen LogP contribution in [0.5, 0.6) is 0 Å². The number of thioether (sulfide) groups is 1. The van der Waals surface area contributed by atoms with Crippen LogP contribution < -0.4 is 11.1 Å². The van der Waals surface area contributed by atoms with E-state index in [1.54, 1.807) is 11.8 Å². The maximum Gasteiger partial charge on any atom is 0.220 e. The van der Waals surface area contributed by atoms with Crippen molar-refractivity contribution in [3.8, 4) is 0 Å². The molecule has 0 aromatic heterocycles. The van der Waals surface area contributed by atoms with Gasteiger partial charge in [-0.1, -0.05) is 0 Å². The van der Waals surface area contributed by atoms with Crippen LogP contribution in [0.25, 0.3) is 0 Å². The summed E-state index contributed by atoms with van der Waals surface area (Å²) in [7, 11) is 0. The van der Waals surface area contributed by atoms with Crippen molar-refractivity contribution < 1.29 is 4.79 Å². The molecule has 0 aliphatic heterocycles. The van der Waals surface area contributed by atoms with E-state index in [2.05, 4.69) is 5.32 Å². The molecule has 0 aromatic rings. The summed E-state index contributed by atoms with van der Waals surface area (Å²) in [5.74, 6) is 1.07. The summed E-state index contributed by atoms with van der Waals surface area (Å²) < 4.78 is 0. The quantitative estimate of drug-likeness (QED) is 0.634. The Kier molecular flexibility index (Phi) is 6.16. The highest BCUT2D eigenvalue weighted by Gasteiger charge is 2.12. The summed E-state index contributed by atoms with van der Waals surface area (Å²) in [5, 5.41) is 2.84. The smallest absolute Gasteiger partial charge is 0.220 e. The van der Waals surface area contributed by atoms with Crippen LogP contribution in [0, 0.1) is 0 Å². The van der Waals surface area contributed by atoms with Gasteiger partial charge in [-0.05, 0) is 26.5 Å². The largest absolute Gasteiger partial charge is 0.355 e. The molecular formula is C9H20N2OS. The third-order valence-electron chi connectivity index (χ3n) is 1.62. The predicted octanol–water partition coefficient (Wildman–Crippen LogP) is 0.983. The summed E-state index contributed by atoms with van der Waals surface area (Å²) in [4.78, 5) is 11.2. The zero-order chi connectivity index (χ0) is 10.3. The van der Waals surface area contributed by atoms with E-state index in [1.165, 1.54) is 0 Å². The van der Waals surface area contributed by atoms with Gasteiger partial charge in [0.15, 0.2) is 0 Å². The van der Waals surface area contributed by atoms with E-state index in [9.17, 15) is 4.79 Å². The number of nitrogens with two attached hydrogens (primary N) is 1. The molecule has 0 fully saturated rings. The summed E-state index contributed by atoms with van der Waals surface area (Å²) in [5.41, 5.74) is 5.52. The summed E-state index contributed by atoms with van der Waals surface area (Å²) in [6, 6.07) is 0. The molecule has 78 valence electrons. The molecule has 0 atom stereocenters. The molecule has 4 heteroatoms. The van der Waals surface area contributed by atoms with E-state index in [0.29, 0.717) is 6.42 Å². The molecule has 0 rings (SSSR count). The van der Waals surface area contributed by atoms with Crippen LogP contribution in [0.2, 0.25) is 0 Å². The van der Waals surface area contributed by atoms with Gasteiger partial charge in [0.25, 0.3) is 0 Å². The molecule has 0 saturated heterocycles. The van der Waals surface area contributed by atoms with Gasteiger partial charge in [0, 0.05) is 24.3 Å². The van der Waals surface area contributed by atoms with Crippen LogP contribution in [0.15, 0.2) is 0 Å². The van der Waals surface area contributed by atoms with Crippen LogP contribution in [0.4, 0.5) is 0 Å². The number of hydrogen-bond acceptors (Lipinski definition) is 3. The molecule has 0 saturated carbocycles. The maximum absolute atomic E-state index is 11.2. The van der Waals surface area contributed by atoms with Crippen molar-refractivity contribution in [3.05, 3.63) is 0 Å². The predicted molar refractivity (Wildman–Crippen MR) is 58.9 cm³/mol. The van der Waals surface area contributed by atoms with E-state index >= 15 is 0 Å². The minimum atomic E-state index is -0.239. The highest BCUT2D eigenvalue weighted by atomic mass is 32.2. The van der Waals surface area contributed by atoms with Crippen LogP contribution in [-0.2, 0) is 4.79 Å². The van der Waals surface area contributed by atoms with E-state index < -0.39 is 0 Å². The number of nitrogens with one attached hydrogen (secondary N) is 1. The Bertz CT molecular complexity index is 154. The first-order valence-corrected chi connectivity index (χ1v) is 5.89. The summed E-state index contributed by atoms with van der Waals surface area (Å²) in [6.45, 7) is 4.62. The first kappa shape index (κ1) is 12.8. The average Bonchev–Trinajstić information content (AvgIpc) is 2.00. The van der Waals surface area contributed by atoms with Gasteiger partial charge >= 0.3 is 0 Å².